The molecule has 2 aliphatic rings. The summed E-state index contributed by atoms with van der Waals surface area (Å²) in [5.41, 5.74) is 2.69. The number of fused-ring (bicyclic) bond motifs is 1. The SMILES string of the molecule is CNC1CCCN(Cc2cc(Br)cc3c2OCC3)C1.Cl. The first-order chi connectivity index (χ1) is 9.26. The van der Waals surface area contributed by atoms with Crippen molar-refractivity contribution in [2.45, 2.75) is 31.8 Å². The highest BCUT2D eigenvalue weighted by Gasteiger charge is 2.22. The first kappa shape index (κ1) is 16.1. The van der Waals surface area contributed by atoms with E-state index in [1.807, 2.05) is 0 Å². The molecular weight excluding hydrogens is 340 g/mol. The summed E-state index contributed by atoms with van der Waals surface area (Å²) in [5, 5.41) is 3.40. The van der Waals surface area contributed by atoms with Crippen LogP contribution in [0.3, 0.4) is 0 Å². The summed E-state index contributed by atoms with van der Waals surface area (Å²) in [5.74, 6) is 1.13. The van der Waals surface area contributed by atoms with Crippen molar-refractivity contribution in [3.63, 3.8) is 0 Å². The highest BCUT2D eigenvalue weighted by Crippen LogP contribution is 2.34. The number of nitrogens with zero attached hydrogens (tertiary/aromatic N) is 1. The molecule has 2 aliphatic heterocycles. The van der Waals surface area contributed by atoms with Crippen LogP contribution in [0.1, 0.15) is 24.0 Å². The van der Waals surface area contributed by atoms with Crippen LogP contribution in [-0.4, -0.2) is 37.7 Å². The second-order valence-electron chi connectivity index (χ2n) is 5.51. The third kappa shape index (κ3) is 3.48. The Morgan fingerprint density at radius 2 is 2.30 bits per heavy atom. The van der Waals surface area contributed by atoms with Gasteiger partial charge in [-0.2, -0.15) is 0 Å². The number of halogens is 2. The fourth-order valence-electron chi connectivity index (χ4n) is 3.14. The van der Waals surface area contributed by atoms with Gasteiger partial charge in [0.25, 0.3) is 0 Å². The van der Waals surface area contributed by atoms with Crippen LogP contribution >= 0.6 is 28.3 Å². The minimum Gasteiger partial charge on any atom is -0.493 e. The van der Waals surface area contributed by atoms with Gasteiger partial charge in [0.2, 0.25) is 0 Å². The number of ether oxygens (including phenoxy) is 1. The number of hydrogen-bond acceptors (Lipinski definition) is 3. The Kier molecular flexibility index (Phi) is 5.73. The van der Waals surface area contributed by atoms with Crippen LogP contribution in [0.15, 0.2) is 16.6 Å². The third-order valence-electron chi connectivity index (χ3n) is 4.13. The largest absolute Gasteiger partial charge is 0.493 e. The standard InChI is InChI=1S/C15H21BrN2O.ClH/c1-17-14-3-2-5-18(10-14)9-12-8-13(16)7-11-4-6-19-15(11)12;/h7-8,14,17H,2-6,9-10H2,1H3;1H. The van der Waals surface area contributed by atoms with Crippen molar-refractivity contribution < 1.29 is 4.74 Å². The van der Waals surface area contributed by atoms with Gasteiger partial charge in [-0.15, -0.1) is 12.4 Å². The molecule has 0 aliphatic carbocycles. The lowest BCUT2D eigenvalue weighted by Gasteiger charge is -2.32. The van der Waals surface area contributed by atoms with E-state index in [2.05, 4.69) is 45.3 Å². The van der Waals surface area contributed by atoms with E-state index in [-0.39, 0.29) is 12.4 Å². The zero-order valence-electron chi connectivity index (χ0n) is 11.8. The number of likely N-dealkylation sites (tertiary alicyclic amines) is 1. The van der Waals surface area contributed by atoms with E-state index >= 15 is 0 Å². The lowest BCUT2D eigenvalue weighted by Crippen LogP contribution is -2.43. The van der Waals surface area contributed by atoms with Crippen LogP contribution in [0.4, 0.5) is 0 Å². The maximum Gasteiger partial charge on any atom is 0.127 e. The Morgan fingerprint density at radius 3 is 3.10 bits per heavy atom. The van der Waals surface area contributed by atoms with Gasteiger partial charge in [-0.3, -0.25) is 4.90 Å². The van der Waals surface area contributed by atoms with Crippen LogP contribution < -0.4 is 10.1 Å². The molecule has 112 valence electrons. The summed E-state index contributed by atoms with van der Waals surface area (Å²) in [6, 6.07) is 5.04. The summed E-state index contributed by atoms with van der Waals surface area (Å²) in [6.07, 6.45) is 3.61. The average Bonchev–Trinajstić information content (AvgIpc) is 2.87. The molecule has 1 saturated heterocycles. The van der Waals surface area contributed by atoms with Crippen molar-refractivity contribution in [2.24, 2.45) is 0 Å². The quantitative estimate of drug-likeness (QED) is 0.896. The van der Waals surface area contributed by atoms with E-state index in [0.717, 1.165) is 31.9 Å². The van der Waals surface area contributed by atoms with E-state index in [9.17, 15) is 0 Å². The van der Waals surface area contributed by atoms with Crippen molar-refractivity contribution in [1.29, 1.82) is 0 Å². The Balaban J connectivity index is 0.00000147. The molecule has 1 atom stereocenters. The van der Waals surface area contributed by atoms with Gasteiger partial charge in [0.15, 0.2) is 0 Å². The van der Waals surface area contributed by atoms with Crippen molar-refractivity contribution in [3.05, 3.63) is 27.7 Å². The van der Waals surface area contributed by atoms with Crippen LogP contribution in [0.25, 0.3) is 0 Å². The van der Waals surface area contributed by atoms with Crippen molar-refractivity contribution in [1.82, 2.24) is 10.2 Å². The van der Waals surface area contributed by atoms with E-state index < -0.39 is 0 Å². The van der Waals surface area contributed by atoms with Gasteiger partial charge in [-0.05, 0) is 44.1 Å². The maximum absolute atomic E-state index is 5.82. The summed E-state index contributed by atoms with van der Waals surface area (Å²) in [4.78, 5) is 2.54. The Morgan fingerprint density at radius 1 is 1.45 bits per heavy atom. The second kappa shape index (κ2) is 7.12. The summed E-state index contributed by atoms with van der Waals surface area (Å²) in [7, 11) is 2.06. The van der Waals surface area contributed by atoms with E-state index in [0.29, 0.717) is 6.04 Å². The maximum atomic E-state index is 5.82. The van der Waals surface area contributed by atoms with Gasteiger partial charge in [0, 0.05) is 35.6 Å². The molecule has 5 heteroatoms. The Bertz CT molecular complexity index is 469. The molecule has 20 heavy (non-hydrogen) atoms. The zero-order chi connectivity index (χ0) is 13.2. The molecule has 0 bridgehead atoms. The normalized spacial score (nSPS) is 22.0. The smallest absolute Gasteiger partial charge is 0.127 e. The second-order valence-corrected chi connectivity index (χ2v) is 6.43. The fraction of sp³-hybridized carbons (Fsp3) is 0.600. The first-order valence-electron chi connectivity index (χ1n) is 7.10. The molecule has 0 aromatic heterocycles. The third-order valence-corrected chi connectivity index (χ3v) is 4.59. The first-order valence-corrected chi connectivity index (χ1v) is 7.89. The number of rotatable bonds is 3. The average molecular weight is 362 g/mol. The van der Waals surface area contributed by atoms with E-state index in [1.54, 1.807) is 0 Å². The van der Waals surface area contributed by atoms with Gasteiger partial charge in [-0.1, -0.05) is 15.9 Å². The molecular formula is C15H22BrClN2O. The molecule has 1 unspecified atom stereocenters. The molecule has 3 nitrogen and oxygen atoms in total. The molecule has 0 spiro atoms. The number of likely N-dealkylation sites (N-methyl/N-ethyl adjacent to an activating group) is 1. The van der Waals surface area contributed by atoms with Gasteiger partial charge in [-0.25, -0.2) is 0 Å². The molecule has 0 amide bonds. The predicted octanol–water partition coefficient (Wildman–Crippen LogP) is 2.99. The fourth-order valence-corrected chi connectivity index (χ4v) is 3.69. The van der Waals surface area contributed by atoms with Crippen LogP contribution in [-0.2, 0) is 13.0 Å². The van der Waals surface area contributed by atoms with Gasteiger partial charge < -0.3 is 10.1 Å². The Labute approximate surface area is 135 Å². The monoisotopic (exact) mass is 360 g/mol. The molecule has 0 radical (unpaired) electrons. The summed E-state index contributed by atoms with van der Waals surface area (Å²) < 4.78 is 6.99. The highest BCUT2D eigenvalue weighted by molar-refractivity contribution is 9.10. The van der Waals surface area contributed by atoms with Crippen molar-refractivity contribution in [3.8, 4) is 5.75 Å². The van der Waals surface area contributed by atoms with Crippen molar-refractivity contribution >= 4 is 28.3 Å². The minimum atomic E-state index is 0. The number of benzene rings is 1. The number of piperidine rings is 1. The van der Waals surface area contributed by atoms with Gasteiger partial charge in [0.05, 0.1) is 6.61 Å². The lowest BCUT2D eigenvalue weighted by molar-refractivity contribution is 0.186. The van der Waals surface area contributed by atoms with Gasteiger partial charge in [0.1, 0.15) is 5.75 Å². The lowest BCUT2D eigenvalue weighted by atomic mass is 10.0. The van der Waals surface area contributed by atoms with Gasteiger partial charge >= 0.3 is 0 Å². The predicted molar refractivity (Wildman–Crippen MR) is 87.9 cm³/mol. The summed E-state index contributed by atoms with van der Waals surface area (Å²) >= 11 is 3.62. The molecule has 1 aromatic rings. The van der Waals surface area contributed by atoms with Crippen molar-refractivity contribution in [2.75, 3.05) is 26.7 Å². The highest BCUT2D eigenvalue weighted by atomic mass is 79.9. The van der Waals surface area contributed by atoms with E-state index in [4.69, 9.17) is 4.74 Å². The topological polar surface area (TPSA) is 24.5 Å². The van der Waals surface area contributed by atoms with Crippen LogP contribution in [0.5, 0.6) is 5.75 Å². The molecule has 2 heterocycles. The molecule has 0 saturated carbocycles. The molecule has 1 aromatic carbocycles. The van der Waals surface area contributed by atoms with Crippen LogP contribution in [0.2, 0.25) is 0 Å². The zero-order valence-corrected chi connectivity index (χ0v) is 14.2. The number of hydrogen-bond donors (Lipinski definition) is 1. The number of nitrogens with one attached hydrogen (secondary N) is 1. The molecule has 3 rings (SSSR count). The molecule has 1 fully saturated rings. The van der Waals surface area contributed by atoms with Crippen LogP contribution in [0, 0.1) is 0 Å². The minimum absolute atomic E-state index is 0. The van der Waals surface area contributed by atoms with E-state index in [1.165, 1.54) is 35.0 Å². The Hall–Kier alpha value is -0.290. The summed E-state index contributed by atoms with van der Waals surface area (Å²) in [6.45, 7) is 4.16. The molecule has 1 N–H and O–H groups in total.